The van der Waals surface area contributed by atoms with Gasteiger partial charge in [0.25, 0.3) is 5.91 Å². The van der Waals surface area contributed by atoms with Gasteiger partial charge >= 0.3 is 0 Å². The molecule has 3 rings (SSSR count). The van der Waals surface area contributed by atoms with Crippen LogP contribution in [0.2, 0.25) is 0 Å². The van der Waals surface area contributed by atoms with E-state index >= 15 is 0 Å². The molecule has 0 saturated carbocycles. The number of thiophene rings is 1. The van der Waals surface area contributed by atoms with E-state index in [1.54, 1.807) is 17.4 Å². The lowest BCUT2D eigenvalue weighted by molar-refractivity contribution is 0.102. The third-order valence-corrected chi connectivity index (χ3v) is 4.86. The molecule has 0 aliphatic heterocycles. The molecule has 0 aliphatic rings. The molecule has 22 heavy (non-hydrogen) atoms. The van der Waals surface area contributed by atoms with Gasteiger partial charge in [0.2, 0.25) is 0 Å². The quantitative estimate of drug-likeness (QED) is 0.743. The molecule has 0 atom stereocenters. The number of rotatable bonds is 3. The Morgan fingerprint density at radius 3 is 2.77 bits per heavy atom. The lowest BCUT2D eigenvalue weighted by atomic mass is 10.1. The van der Waals surface area contributed by atoms with Crippen LogP contribution >= 0.6 is 22.7 Å². The van der Waals surface area contributed by atoms with Crippen molar-refractivity contribution in [3.63, 3.8) is 0 Å². The smallest absolute Gasteiger partial charge is 0.260 e. The Morgan fingerprint density at radius 1 is 1.23 bits per heavy atom. The van der Waals surface area contributed by atoms with Crippen LogP contribution in [-0.4, -0.2) is 10.9 Å². The molecule has 0 bridgehead atoms. The molecule has 2 aromatic heterocycles. The van der Waals surface area contributed by atoms with Gasteiger partial charge in [-0.1, -0.05) is 11.6 Å². The van der Waals surface area contributed by atoms with Crippen molar-refractivity contribution < 1.29 is 9.18 Å². The second kappa shape index (κ2) is 5.98. The number of anilines is 1. The van der Waals surface area contributed by atoms with Gasteiger partial charge in [-0.25, -0.2) is 9.37 Å². The Hall–Kier alpha value is -2.05. The van der Waals surface area contributed by atoms with E-state index in [1.807, 2.05) is 31.4 Å². The number of carbonyl (C=O) groups excluding carboxylic acids is 1. The van der Waals surface area contributed by atoms with Crippen molar-refractivity contribution in [3.8, 4) is 10.6 Å². The van der Waals surface area contributed by atoms with Crippen LogP contribution in [0.3, 0.4) is 0 Å². The summed E-state index contributed by atoms with van der Waals surface area (Å²) in [5, 5.41) is 5.00. The minimum Gasteiger partial charge on any atom is -0.298 e. The maximum Gasteiger partial charge on any atom is 0.260 e. The number of amides is 1. The topological polar surface area (TPSA) is 42.0 Å². The van der Waals surface area contributed by atoms with E-state index in [0.29, 0.717) is 5.13 Å². The summed E-state index contributed by atoms with van der Waals surface area (Å²) in [4.78, 5) is 18.8. The van der Waals surface area contributed by atoms with Gasteiger partial charge in [0.15, 0.2) is 5.13 Å². The minimum absolute atomic E-state index is 0.0312. The van der Waals surface area contributed by atoms with Crippen LogP contribution in [0.25, 0.3) is 10.6 Å². The fourth-order valence-electron chi connectivity index (χ4n) is 1.99. The number of nitrogens with one attached hydrogen (secondary N) is 1. The van der Waals surface area contributed by atoms with E-state index in [0.717, 1.165) is 16.1 Å². The molecule has 0 unspecified atom stereocenters. The van der Waals surface area contributed by atoms with Gasteiger partial charge in [0, 0.05) is 10.3 Å². The molecular weight excluding hydrogens is 319 g/mol. The molecule has 112 valence electrons. The van der Waals surface area contributed by atoms with Crippen molar-refractivity contribution >= 4 is 33.7 Å². The third kappa shape index (κ3) is 3.08. The Bertz CT molecular complexity index is 838. The normalized spacial score (nSPS) is 10.7. The second-order valence-corrected chi connectivity index (χ2v) is 7.03. The molecule has 0 radical (unpaired) electrons. The van der Waals surface area contributed by atoms with Gasteiger partial charge in [0.05, 0.1) is 16.1 Å². The van der Waals surface area contributed by atoms with Crippen LogP contribution < -0.4 is 5.32 Å². The largest absolute Gasteiger partial charge is 0.298 e. The predicted octanol–water partition coefficient (Wildman–Crippen LogP) is 4.88. The number of halogens is 1. The maximum atomic E-state index is 13.7. The average molecular weight is 332 g/mol. The van der Waals surface area contributed by atoms with E-state index in [4.69, 9.17) is 0 Å². The Kier molecular flexibility index (Phi) is 4.04. The third-order valence-electron chi connectivity index (χ3n) is 3.08. The number of thiazole rings is 1. The second-order valence-electron chi connectivity index (χ2n) is 4.89. The number of aryl methyl sites for hydroxylation is 2. The van der Waals surface area contributed by atoms with Crippen molar-refractivity contribution in [2.24, 2.45) is 0 Å². The molecule has 0 fully saturated rings. The van der Waals surface area contributed by atoms with Crippen molar-refractivity contribution in [1.82, 2.24) is 4.98 Å². The van der Waals surface area contributed by atoms with Gasteiger partial charge in [-0.2, -0.15) is 0 Å². The molecular formula is C16H13FN2OS2. The van der Waals surface area contributed by atoms with Crippen LogP contribution in [0.4, 0.5) is 9.52 Å². The Morgan fingerprint density at radius 2 is 2.05 bits per heavy atom. The van der Waals surface area contributed by atoms with E-state index in [-0.39, 0.29) is 5.56 Å². The van der Waals surface area contributed by atoms with E-state index in [9.17, 15) is 9.18 Å². The van der Waals surface area contributed by atoms with Crippen LogP contribution in [0, 0.1) is 19.7 Å². The number of hydrogen-bond donors (Lipinski definition) is 1. The molecule has 2 heterocycles. The zero-order valence-electron chi connectivity index (χ0n) is 12.0. The first-order valence-electron chi connectivity index (χ1n) is 6.63. The van der Waals surface area contributed by atoms with Gasteiger partial charge in [-0.15, -0.1) is 22.7 Å². The summed E-state index contributed by atoms with van der Waals surface area (Å²) in [6, 6.07) is 8.49. The highest BCUT2D eigenvalue weighted by Crippen LogP contribution is 2.30. The first-order valence-corrected chi connectivity index (χ1v) is 8.32. The van der Waals surface area contributed by atoms with Crippen LogP contribution in [-0.2, 0) is 0 Å². The summed E-state index contributed by atoms with van der Waals surface area (Å²) in [6.45, 7) is 3.85. The minimum atomic E-state index is -0.534. The fraction of sp³-hybridized carbons (Fsp3) is 0.125. The molecule has 1 aromatic carbocycles. The fourth-order valence-corrected chi connectivity index (χ4v) is 3.60. The molecule has 0 saturated heterocycles. The summed E-state index contributed by atoms with van der Waals surface area (Å²) in [5.74, 6) is -1.02. The molecule has 1 N–H and O–H groups in total. The summed E-state index contributed by atoms with van der Waals surface area (Å²) in [7, 11) is 0. The molecule has 0 aliphatic carbocycles. The lowest BCUT2D eigenvalue weighted by Crippen LogP contribution is -2.13. The van der Waals surface area contributed by atoms with Crippen molar-refractivity contribution in [3.05, 3.63) is 57.5 Å². The first-order chi connectivity index (χ1) is 10.5. The van der Waals surface area contributed by atoms with Crippen LogP contribution in [0.15, 0.2) is 35.7 Å². The number of nitrogens with zero attached hydrogens (tertiary/aromatic N) is 1. The predicted molar refractivity (Wildman–Crippen MR) is 89.3 cm³/mol. The van der Waals surface area contributed by atoms with Crippen molar-refractivity contribution in [2.75, 3.05) is 5.32 Å². The van der Waals surface area contributed by atoms with Crippen molar-refractivity contribution in [2.45, 2.75) is 13.8 Å². The van der Waals surface area contributed by atoms with Crippen molar-refractivity contribution in [1.29, 1.82) is 0 Å². The lowest BCUT2D eigenvalue weighted by Gasteiger charge is -2.04. The number of benzene rings is 1. The SMILES string of the molecule is Cc1ccc(F)c(C(=O)Nc2nc(-c3ccc(C)s3)cs2)c1. The van der Waals surface area contributed by atoms with E-state index in [1.165, 1.54) is 28.3 Å². The monoisotopic (exact) mass is 332 g/mol. The number of hydrogen-bond acceptors (Lipinski definition) is 4. The van der Waals surface area contributed by atoms with Crippen LogP contribution in [0.5, 0.6) is 0 Å². The molecule has 6 heteroatoms. The number of carbonyl (C=O) groups is 1. The molecule has 3 nitrogen and oxygen atoms in total. The van der Waals surface area contributed by atoms with Gasteiger partial charge in [-0.05, 0) is 38.1 Å². The van der Waals surface area contributed by atoms with Gasteiger partial charge < -0.3 is 0 Å². The highest BCUT2D eigenvalue weighted by Gasteiger charge is 2.14. The molecule has 1 amide bonds. The van der Waals surface area contributed by atoms with Crippen LogP contribution in [0.1, 0.15) is 20.8 Å². The Balaban J connectivity index is 1.80. The first kappa shape index (κ1) is 14.9. The zero-order valence-corrected chi connectivity index (χ0v) is 13.6. The Labute approximate surface area is 135 Å². The average Bonchev–Trinajstić information content (AvgIpc) is 3.10. The standard InChI is InChI=1S/C16H13FN2OS2/c1-9-3-5-12(17)11(7-9)15(20)19-16-18-13(8-21-16)14-6-4-10(2)22-14/h3-8H,1-2H3,(H,18,19,20). The van der Waals surface area contributed by atoms with Gasteiger partial charge in [-0.3, -0.25) is 10.1 Å². The van der Waals surface area contributed by atoms with E-state index in [2.05, 4.69) is 10.3 Å². The summed E-state index contributed by atoms with van der Waals surface area (Å²) in [6.07, 6.45) is 0. The highest BCUT2D eigenvalue weighted by atomic mass is 32.1. The maximum absolute atomic E-state index is 13.7. The molecule has 3 aromatic rings. The summed E-state index contributed by atoms with van der Waals surface area (Å²) < 4.78 is 13.7. The number of aromatic nitrogens is 1. The summed E-state index contributed by atoms with van der Waals surface area (Å²) >= 11 is 2.97. The summed E-state index contributed by atoms with van der Waals surface area (Å²) in [5.41, 5.74) is 1.69. The van der Waals surface area contributed by atoms with Gasteiger partial charge in [0.1, 0.15) is 5.82 Å². The highest BCUT2D eigenvalue weighted by molar-refractivity contribution is 7.17. The molecule has 0 spiro atoms. The zero-order chi connectivity index (χ0) is 15.7. The van der Waals surface area contributed by atoms with E-state index < -0.39 is 11.7 Å².